The highest BCUT2D eigenvalue weighted by atomic mass is 32.2. The summed E-state index contributed by atoms with van der Waals surface area (Å²) < 4.78 is 33.3. The molecule has 1 aromatic heterocycles. The van der Waals surface area contributed by atoms with Crippen LogP contribution in [0.3, 0.4) is 0 Å². The van der Waals surface area contributed by atoms with Crippen LogP contribution in [0.5, 0.6) is 5.75 Å². The van der Waals surface area contributed by atoms with Crippen LogP contribution in [0.25, 0.3) is 0 Å². The second-order valence-electron chi connectivity index (χ2n) is 6.86. The molecule has 7 nitrogen and oxygen atoms in total. The molecule has 0 aliphatic carbocycles. The molecule has 9 heteroatoms. The summed E-state index contributed by atoms with van der Waals surface area (Å²) in [6, 6.07) is 18.9. The van der Waals surface area contributed by atoms with Crippen molar-refractivity contribution in [3.63, 3.8) is 0 Å². The van der Waals surface area contributed by atoms with Gasteiger partial charge in [0.15, 0.2) is 0 Å². The molecule has 0 atom stereocenters. The van der Waals surface area contributed by atoms with Gasteiger partial charge in [0.2, 0.25) is 5.91 Å². The van der Waals surface area contributed by atoms with E-state index in [-0.39, 0.29) is 11.4 Å². The van der Waals surface area contributed by atoms with Gasteiger partial charge in [-0.1, -0.05) is 35.9 Å². The predicted molar refractivity (Wildman–Crippen MR) is 127 cm³/mol. The Labute approximate surface area is 192 Å². The molecule has 0 saturated heterocycles. The summed E-state index contributed by atoms with van der Waals surface area (Å²) in [4.78, 5) is 17.0. The number of para-hydroxylation sites is 2. The standard InChI is InChI=1S/C23H25N3O4S2/c1-18-10-12-19(13-11-18)32(28,29)26(20-7-3-4-8-21(20)30-2)17-22(27)24-15-16-31-23-9-5-6-14-25-23/h3-14H,15-17H2,1-2H3,(H,24,27). The molecule has 0 bridgehead atoms. The van der Waals surface area contributed by atoms with E-state index < -0.39 is 15.9 Å². The van der Waals surface area contributed by atoms with Crippen LogP contribution in [0.1, 0.15) is 5.56 Å². The molecule has 3 aromatic rings. The third-order valence-electron chi connectivity index (χ3n) is 4.56. The maximum Gasteiger partial charge on any atom is 0.264 e. The maximum absolute atomic E-state index is 13.4. The van der Waals surface area contributed by atoms with Crippen molar-refractivity contribution in [2.75, 3.05) is 30.3 Å². The number of carbonyl (C=O) groups is 1. The molecule has 32 heavy (non-hydrogen) atoms. The van der Waals surface area contributed by atoms with Gasteiger partial charge in [0.05, 0.1) is 22.7 Å². The SMILES string of the molecule is COc1ccccc1N(CC(=O)NCCSc1ccccn1)S(=O)(=O)c1ccc(C)cc1. The molecule has 168 valence electrons. The summed E-state index contributed by atoms with van der Waals surface area (Å²) in [5, 5.41) is 3.65. The zero-order chi connectivity index (χ0) is 23.0. The third-order valence-corrected chi connectivity index (χ3v) is 7.28. The minimum atomic E-state index is -3.99. The average molecular weight is 472 g/mol. The molecule has 0 aliphatic rings. The number of amides is 1. The van der Waals surface area contributed by atoms with Gasteiger partial charge in [-0.15, -0.1) is 11.8 Å². The average Bonchev–Trinajstić information content (AvgIpc) is 2.81. The number of ether oxygens (including phenoxy) is 1. The van der Waals surface area contributed by atoms with Gasteiger partial charge in [0, 0.05) is 18.5 Å². The Morgan fingerprint density at radius 2 is 1.78 bits per heavy atom. The number of benzene rings is 2. The van der Waals surface area contributed by atoms with Crippen molar-refractivity contribution in [1.29, 1.82) is 0 Å². The van der Waals surface area contributed by atoms with E-state index in [0.717, 1.165) is 14.9 Å². The number of thioether (sulfide) groups is 1. The number of nitrogens with one attached hydrogen (secondary N) is 1. The Kier molecular flexibility index (Phi) is 8.13. The molecule has 0 saturated carbocycles. The first-order valence-corrected chi connectivity index (χ1v) is 12.4. The zero-order valence-corrected chi connectivity index (χ0v) is 19.5. The second-order valence-corrected chi connectivity index (χ2v) is 9.84. The second kappa shape index (κ2) is 11.0. The van der Waals surface area contributed by atoms with Crippen molar-refractivity contribution in [1.82, 2.24) is 10.3 Å². The fourth-order valence-electron chi connectivity index (χ4n) is 2.94. The lowest BCUT2D eigenvalue weighted by Gasteiger charge is -2.25. The highest BCUT2D eigenvalue weighted by Crippen LogP contribution is 2.32. The van der Waals surface area contributed by atoms with Crippen LogP contribution in [0.4, 0.5) is 5.69 Å². The van der Waals surface area contributed by atoms with E-state index in [4.69, 9.17) is 4.74 Å². The quantitative estimate of drug-likeness (QED) is 0.360. The number of rotatable bonds is 10. The Morgan fingerprint density at radius 3 is 2.47 bits per heavy atom. The first-order chi connectivity index (χ1) is 15.4. The van der Waals surface area contributed by atoms with Crippen molar-refractivity contribution in [2.24, 2.45) is 0 Å². The molecule has 1 N–H and O–H groups in total. The molecule has 0 aliphatic heterocycles. The van der Waals surface area contributed by atoms with Crippen molar-refractivity contribution < 1.29 is 17.9 Å². The first kappa shape index (κ1) is 23.6. The number of aromatic nitrogens is 1. The van der Waals surface area contributed by atoms with Crippen LogP contribution >= 0.6 is 11.8 Å². The summed E-state index contributed by atoms with van der Waals surface area (Å²) in [6.07, 6.45) is 1.71. The van der Waals surface area contributed by atoms with Crippen LogP contribution in [0, 0.1) is 6.92 Å². The van der Waals surface area contributed by atoms with Gasteiger partial charge in [-0.05, 0) is 43.3 Å². The lowest BCUT2D eigenvalue weighted by atomic mass is 10.2. The number of pyridine rings is 1. The number of methoxy groups -OCH3 is 1. The summed E-state index contributed by atoms with van der Waals surface area (Å²) in [5.41, 5.74) is 1.24. The molecule has 1 heterocycles. The monoisotopic (exact) mass is 471 g/mol. The third kappa shape index (κ3) is 6.02. The molecular weight excluding hydrogens is 446 g/mol. The summed E-state index contributed by atoms with van der Waals surface area (Å²) in [7, 11) is -2.53. The van der Waals surface area contributed by atoms with Crippen LogP contribution in [0.2, 0.25) is 0 Å². The highest BCUT2D eigenvalue weighted by Gasteiger charge is 2.29. The number of sulfonamides is 1. The van der Waals surface area contributed by atoms with Gasteiger partial charge in [-0.2, -0.15) is 0 Å². The lowest BCUT2D eigenvalue weighted by Crippen LogP contribution is -2.41. The largest absolute Gasteiger partial charge is 0.495 e. The minimum absolute atomic E-state index is 0.104. The van der Waals surface area contributed by atoms with E-state index >= 15 is 0 Å². The summed E-state index contributed by atoms with van der Waals surface area (Å²) >= 11 is 1.51. The van der Waals surface area contributed by atoms with Crippen molar-refractivity contribution in [3.05, 3.63) is 78.5 Å². The fraction of sp³-hybridized carbons (Fsp3) is 0.217. The normalized spacial score (nSPS) is 11.1. The maximum atomic E-state index is 13.4. The first-order valence-electron chi connectivity index (χ1n) is 9.95. The van der Waals surface area contributed by atoms with E-state index in [9.17, 15) is 13.2 Å². The predicted octanol–water partition coefficient (Wildman–Crippen LogP) is 3.50. The Hall–Kier alpha value is -3.04. The van der Waals surface area contributed by atoms with Crippen LogP contribution in [-0.4, -0.2) is 45.3 Å². The Bertz CT molecular complexity index is 1140. The Balaban J connectivity index is 1.77. The molecule has 0 spiro atoms. The number of carbonyl (C=O) groups excluding carboxylic acids is 1. The lowest BCUT2D eigenvalue weighted by molar-refractivity contribution is -0.119. The minimum Gasteiger partial charge on any atom is -0.495 e. The van der Waals surface area contributed by atoms with Gasteiger partial charge in [-0.25, -0.2) is 13.4 Å². The van der Waals surface area contributed by atoms with Crippen molar-refractivity contribution in [3.8, 4) is 5.75 Å². The highest BCUT2D eigenvalue weighted by molar-refractivity contribution is 7.99. The van der Waals surface area contributed by atoms with Gasteiger partial charge >= 0.3 is 0 Å². The van der Waals surface area contributed by atoms with E-state index in [2.05, 4.69) is 10.3 Å². The van der Waals surface area contributed by atoms with Crippen molar-refractivity contribution >= 4 is 33.4 Å². The van der Waals surface area contributed by atoms with E-state index in [1.165, 1.54) is 31.0 Å². The fourth-order valence-corrected chi connectivity index (χ4v) is 5.09. The van der Waals surface area contributed by atoms with Crippen LogP contribution in [-0.2, 0) is 14.8 Å². The Morgan fingerprint density at radius 1 is 1.06 bits per heavy atom. The smallest absolute Gasteiger partial charge is 0.264 e. The van der Waals surface area contributed by atoms with Gasteiger partial charge < -0.3 is 10.1 Å². The zero-order valence-electron chi connectivity index (χ0n) is 17.9. The van der Waals surface area contributed by atoms with Crippen molar-refractivity contribution in [2.45, 2.75) is 16.8 Å². The number of anilines is 1. The number of nitrogens with zero attached hydrogens (tertiary/aromatic N) is 2. The van der Waals surface area contributed by atoms with Gasteiger partial charge in [0.1, 0.15) is 12.3 Å². The number of aryl methyl sites for hydroxylation is 1. The molecule has 1 amide bonds. The number of hydrogen-bond donors (Lipinski definition) is 1. The molecule has 0 fully saturated rings. The molecule has 2 aromatic carbocycles. The topological polar surface area (TPSA) is 88.6 Å². The van der Waals surface area contributed by atoms with Crippen LogP contribution < -0.4 is 14.4 Å². The van der Waals surface area contributed by atoms with Crippen LogP contribution in [0.15, 0.2) is 82.8 Å². The van der Waals surface area contributed by atoms with E-state index in [0.29, 0.717) is 23.7 Å². The van der Waals surface area contributed by atoms with Gasteiger partial charge in [-0.3, -0.25) is 9.10 Å². The molecule has 0 unspecified atom stereocenters. The van der Waals surface area contributed by atoms with E-state index in [1.807, 2.05) is 25.1 Å². The molecule has 3 rings (SSSR count). The molecular formula is C23H25N3O4S2. The molecule has 0 radical (unpaired) electrons. The summed E-state index contributed by atoms with van der Waals surface area (Å²) in [5.74, 6) is 0.567. The number of hydrogen-bond acceptors (Lipinski definition) is 6. The van der Waals surface area contributed by atoms with E-state index in [1.54, 1.807) is 42.6 Å². The summed E-state index contributed by atoms with van der Waals surface area (Å²) in [6.45, 7) is 1.89. The van der Waals surface area contributed by atoms with Gasteiger partial charge in [0.25, 0.3) is 10.0 Å².